The van der Waals surface area contributed by atoms with Gasteiger partial charge in [0.1, 0.15) is 0 Å². The van der Waals surface area contributed by atoms with Gasteiger partial charge in [-0.2, -0.15) is 4.31 Å². The summed E-state index contributed by atoms with van der Waals surface area (Å²) in [5, 5.41) is 2.81. The third-order valence-electron chi connectivity index (χ3n) is 3.20. The Morgan fingerprint density at radius 2 is 2.00 bits per heavy atom. The van der Waals surface area contributed by atoms with E-state index in [2.05, 4.69) is 10.3 Å². The van der Waals surface area contributed by atoms with Crippen molar-refractivity contribution in [3.8, 4) is 0 Å². The molecule has 9 heteroatoms. The fourth-order valence-electron chi connectivity index (χ4n) is 2.05. The van der Waals surface area contributed by atoms with Crippen LogP contribution in [0, 0.1) is 0 Å². The molecule has 2 heterocycles. The maximum atomic E-state index is 11.9. The molecule has 112 valence electrons. The van der Waals surface area contributed by atoms with Crippen molar-refractivity contribution in [1.82, 2.24) is 24.1 Å². The van der Waals surface area contributed by atoms with Gasteiger partial charge in [0, 0.05) is 51.7 Å². The SMILES string of the molecule is CS(=O)(=O)N1CCN(C(=O)NCCn2ccnc2)CC1. The number of aromatic nitrogens is 2. The van der Waals surface area contributed by atoms with Gasteiger partial charge in [0.05, 0.1) is 12.6 Å². The number of hydrogen-bond donors (Lipinski definition) is 1. The molecule has 8 nitrogen and oxygen atoms in total. The lowest BCUT2D eigenvalue weighted by molar-refractivity contribution is 0.172. The number of rotatable bonds is 4. The molecule has 0 aliphatic carbocycles. The van der Waals surface area contributed by atoms with Crippen molar-refractivity contribution in [3.05, 3.63) is 18.7 Å². The molecule has 0 atom stereocenters. The van der Waals surface area contributed by atoms with Crippen LogP contribution in [-0.2, 0) is 16.6 Å². The molecular formula is C11H19N5O3S. The molecule has 1 aromatic rings. The Morgan fingerprint density at radius 1 is 1.30 bits per heavy atom. The van der Waals surface area contributed by atoms with E-state index in [9.17, 15) is 13.2 Å². The molecular weight excluding hydrogens is 282 g/mol. The van der Waals surface area contributed by atoms with Crippen LogP contribution in [0.3, 0.4) is 0 Å². The van der Waals surface area contributed by atoms with Gasteiger partial charge in [0.25, 0.3) is 0 Å². The van der Waals surface area contributed by atoms with E-state index >= 15 is 0 Å². The topological polar surface area (TPSA) is 87.5 Å². The molecule has 0 bridgehead atoms. The third-order valence-corrected chi connectivity index (χ3v) is 4.50. The molecule has 1 saturated heterocycles. The van der Waals surface area contributed by atoms with E-state index in [1.54, 1.807) is 17.4 Å². The summed E-state index contributed by atoms with van der Waals surface area (Å²) in [6.07, 6.45) is 6.40. The summed E-state index contributed by atoms with van der Waals surface area (Å²) in [6, 6.07) is -0.154. The van der Waals surface area contributed by atoms with Crippen molar-refractivity contribution in [2.75, 3.05) is 39.0 Å². The number of sulfonamides is 1. The number of piperazine rings is 1. The number of nitrogens with zero attached hydrogens (tertiary/aromatic N) is 4. The van der Waals surface area contributed by atoms with Crippen molar-refractivity contribution in [1.29, 1.82) is 0 Å². The van der Waals surface area contributed by atoms with Crippen LogP contribution in [-0.4, -0.2) is 72.2 Å². The van der Waals surface area contributed by atoms with E-state index in [-0.39, 0.29) is 6.03 Å². The standard InChI is InChI=1S/C11H19N5O3S/c1-20(18,19)16-8-6-15(7-9-16)11(17)13-3-5-14-4-2-12-10-14/h2,4,10H,3,5-9H2,1H3,(H,13,17). The van der Waals surface area contributed by atoms with Gasteiger partial charge in [0.15, 0.2) is 0 Å². The fraction of sp³-hybridized carbons (Fsp3) is 0.636. The van der Waals surface area contributed by atoms with Crippen LogP contribution in [0.5, 0.6) is 0 Å². The molecule has 1 aromatic heterocycles. The zero-order valence-electron chi connectivity index (χ0n) is 11.4. The molecule has 1 N–H and O–H groups in total. The highest BCUT2D eigenvalue weighted by Gasteiger charge is 2.25. The van der Waals surface area contributed by atoms with E-state index in [0.717, 1.165) is 0 Å². The summed E-state index contributed by atoms with van der Waals surface area (Å²) in [7, 11) is -3.16. The first-order valence-electron chi connectivity index (χ1n) is 6.40. The second-order valence-electron chi connectivity index (χ2n) is 4.68. The van der Waals surface area contributed by atoms with E-state index < -0.39 is 10.0 Å². The van der Waals surface area contributed by atoms with Crippen molar-refractivity contribution in [2.45, 2.75) is 6.54 Å². The van der Waals surface area contributed by atoms with Gasteiger partial charge in [-0.1, -0.05) is 0 Å². The summed E-state index contributed by atoms with van der Waals surface area (Å²) in [5.41, 5.74) is 0. The third kappa shape index (κ3) is 3.94. The van der Waals surface area contributed by atoms with Crippen LogP contribution >= 0.6 is 0 Å². The Morgan fingerprint density at radius 3 is 2.55 bits per heavy atom. The highest BCUT2D eigenvalue weighted by atomic mass is 32.2. The predicted molar refractivity (Wildman–Crippen MR) is 73.6 cm³/mol. The lowest BCUT2D eigenvalue weighted by Crippen LogP contribution is -2.53. The van der Waals surface area contributed by atoms with Gasteiger partial charge < -0.3 is 14.8 Å². The van der Waals surface area contributed by atoms with E-state index in [0.29, 0.717) is 39.3 Å². The average Bonchev–Trinajstić information content (AvgIpc) is 2.91. The van der Waals surface area contributed by atoms with Crippen LogP contribution in [0.25, 0.3) is 0 Å². The number of carbonyl (C=O) groups excluding carboxylic acids is 1. The first-order chi connectivity index (χ1) is 9.47. The van der Waals surface area contributed by atoms with E-state index in [4.69, 9.17) is 0 Å². The second-order valence-corrected chi connectivity index (χ2v) is 6.66. The van der Waals surface area contributed by atoms with Gasteiger partial charge in [-0.05, 0) is 0 Å². The fourth-order valence-corrected chi connectivity index (χ4v) is 2.87. The largest absolute Gasteiger partial charge is 0.336 e. The second kappa shape index (κ2) is 6.23. The van der Waals surface area contributed by atoms with Crippen molar-refractivity contribution < 1.29 is 13.2 Å². The first kappa shape index (κ1) is 14.8. The predicted octanol–water partition coefficient (Wildman–Crippen LogP) is -0.830. The normalized spacial score (nSPS) is 17.1. The van der Waals surface area contributed by atoms with Crippen LogP contribution < -0.4 is 5.32 Å². The quantitative estimate of drug-likeness (QED) is 0.786. The number of imidazole rings is 1. The summed E-state index contributed by atoms with van der Waals surface area (Å²) in [5.74, 6) is 0. The summed E-state index contributed by atoms with van der Waals surface area (Å²) in [4.78, 5) is 17.5. The molecule has 20 heavy (non-hydrogen) atoms. The number of amides is 2. The Kier molecular flexibility index (Phi) is 4.61. The van der Waals surface area contributed by atoms with Crippen LogP contribution in [0.2, 0.25) is 0 Å². The number of carbonyl (C=O) groups is 1. The molecule has 0 spiro atoms. The van der Waals surface area contributed by atoms with Crippen LogP contribution in [0.1, 0.15) is 0 Å². The van der Waals surface area contributed by atoms with Gasteiger partial charge in [-0.15, -0.1) is 0 Å². The molecule has 1 fully saturated rings. The van der Waals surface area contributed by atoms with Crippen molar-refractivity contribution in [3.63, 3.8) is 0 Å². The molecule has 1 aliphatic rings. The van der Waals surface area contributed by atoms with Gasteiger partial charge in [0.2, 0.25) is 10.0 Å². The van der Waals surface area contributed by atoms with Gasteiger partial charge >= 0.3 is 6.03 Å². The highest BCUT2D eigenvalue weighted by Crippen LogP contribution is 2.05. The summed E-state index contributed by atoms with van der Waals surface area (Å²) >= 11 is 0. The van der Waals surface area contributed by atoms with E-state index in [1.165, 1.54) is 10.6 Å². The Bertz CT molecular complexity index is 534. The molecule has 0 unspecified atom stereocenters. The smallest absolute Gasteiger partial charge is 0.317 e. The molecule has 0 aromatic carbocycles. The first-order valence-corrected chi connectivity index (χ1v) is 8.25. The Labute approximate surface area is 118 Å². The van der Waals surface area contributed by atoms with Gasteiger partial charge in [-0.25, -0.2) is 18.2 Å². The molecule has 0 saturated carbocycles. The lowest BCUT2D eigenvalue weighted by atomic mass is 10.4. The number of hydrogen-bond acceptors (Lipinski definition) is 4. The molecule has 0 radical (unpaired) electrons. The van der Waals surface area contributed by atoms with Crippen LogP contribution in [0.15, 0.2) is 18.7 Å². The molecule has 2 amide bonds. The maximum Gasteiger partial charge on any atom is 0.317 e. The summed E-state index contributed by atoms with van der Waals surface area (Å²) in [6.45, 7) is 2.73. The molecule has 1 aliphatic heterocycles. The zero-order valence-corrected chi connectivity index (χ0v) is 12.2. The maximum absolute atomic E-state index is 11.9. The van der Waals surface area contributed by atoms with E-state index in [1.807, 2.05) is 10.8 Å². The zero-order chi connectivity index (χ0) is 14.6. The monoisotopic (exact) mass is 301 g/mol. The van der Waals surface area contributed by atoms with Crippen LogP contribution in [0.4, 0.5) is 4.79 Å². The van der Waals surface area contributed by atoms with Crippen molar-refractivity contribution in [2.24, 2.45) is 0 Å². The average molecular weight is 301 g/mol. The minimum atomic E-state index is -3.16. The Balaban J connectivity index is 1.72. The van der Waals surface area contributed by atoms with Crippen molar-refractivity contribution >= 4 is 16.1 Å². The minimum Gasteiger partial charge on any atom is -0.336 e. The Hall–Kier alpha value is -1.61. The summed E-state index contributed by atoms with van der Waals surface area (Å²) < 4.78 is 26.0. The highest BCUT2D eigenvalue weighted by molar-refractivity contribution is 7.88. The molecule has 2 rings (SSSR count). The number of nitrogens with one attached hydrogen (secondary N) is 1. The van der Waals surface area contributed by atoms with Gasteiger partial charge in [-0.3, -0.25) is 0 Å². The lowest BCUT2D eigenvalue weighted by Gasteiger charge is -2.33. The number of urea groups is 1. The minimum absolute atomic E-state index is 0.154.